The van der Waals surface area contributed by atoms with Crippen LogP contribution in [-0.4, -0.2) is 6.47 Å². The van der Waals surface area contributed by atoms with E-state index >= 15 is 0 Å². The Morgan fingerprint density at radius 1 is 1.42 bits per heavy atom. The molecule has 3 nitrogen and oxygen atoms in total. The summed E-state index contributed by atoms with van der Waals surface area (Å²) in [6.07, 6.45) is 0. The van der Waals surface area contributed by atoms with Crippen LogP contribution in [0.3, 0.4) is 0 Å². The van der Waals surface area contributed by atoms with Crippen LogP contribution < -0.4 is 5.48 Å². The summed E-state index contributed by atoms with van der Waals surface area (Å²) in [5, 5.41) is 0. The minimum absolute atomic E-state index is 0.354. The average molecular weight is 183 g/mol. The SMILES string of the molecule is O=CONCc1ccc(S)cc1. The molecule has 1 rings (SSSR count). The summed E-state index contributed by atoms with van der Waals surface area (Å²) in [5.41, 5.74) is 3.51. The van der Waals surface area contributed by atoms with E-state index in [0.29, 0.717) is 13.0 Å². The Kier molecular flexibility index (Phi) is 3.63. The molecule has 64 valence electrons. The summed E-state index contributed by atoms with van der Waals surface area (Å²) < 4.78 is 0. The van der Waals surface area contributed by atoms with Crippen LogP contribution in [0.2, 0.25) is 0 Å². The second-order valence-electron chi connectivity index (χ2n) is 2.20. The molecule has 0 saturated carbocycles. The second kappa shape index (κ2) is 4.79. The summed E-state index contributed by atoms with van der Waals surface area (Å²) in [6.45, 7) is 0.861. The highest BCUT2D eigenvalue weighted by atomic mass is 32.1. The van der Waals surface area contributed by atoms with E-state index in [2.05, 4.69) is 22.9 Å². The first kappa shape index (κ1) is 9.09. The van der Waals surface area contributed by atoms with E-state index in [9.17, 15) is 4.79 Å². The highest BCUT2D eigenvalue weighted by Crippen LogP contribution is 2.06. The van der Waals surface area contributed by atoms with Crippen LogP contribution >= 0.6 is 12.6 Å². The minimum atomic E-state index is 0.354. The van der Waals surface area contributed by atoms with Gasteiger partial charge < -0.3 is 4.84 Å². The molecule has 0 fully saturated rings. The molecule has 1 aromatic carbocycles. The van der Waals surface area contributed by atoms with Crippen molar-refractivity contribution in [1.29, 1.82) is 0 Å². The number of hydrogen-bond donors (Lipinski definition) is 2. The van der Waals surface area contributed by atoms with Gasteiger partial charge in [0.05, 0.1) is 6.54 Å². The molecule has 0 heterocycles. The van der Waals surface area contributed by atoms with Crippen LogP contribution in [0.1, 0.15) is 5.56 Å². The molecule has 0 bridgehead atoms. The molecule has 0 aliphatic rings. The van der Waals surface area contributed by atoms with E-state index in [1.54, 1.807) is 0 Å². The topological polar surface area (TPSA) is 38.3 Å². The van der Waals surface area contributed by atoms with Gasteiger partial charge in [0.2, 0.25) is 0 Å². The molecule has 1 aromatic rings. The van der Waals surface area contributed by atoms with Crippen molar-refractivity contribution in [1.82, 2.24) is 5.48 Å². The molecule has 0 unspecified atom stereocenters. The third-order valence-electron chi connectivity index (χ3n) is 1.34. The summed E-state index contributed by atoms with van der Waals surface area (Å²) >= 11 is 4.13. The zero-order chi connectivity index (χ0) is 8.81. The van der Waals surface area contributed by atoms with Crippen LogP contribution in [0.15, 0.2) is 29.2 Å². The lowest BCUT2D eigenvalue weighted by atomic mass is 10.2. The number of benzene rings is 1. The molecule has 0 amide bonds. The quantitative estimate of drug-likeness (QED) is 0.318. The number of nitrogens with one attached hydrogen (secondary N) is 1. The Hall–Kier alpha value is -1.00. The predicted octanol–water partition coefficient (Wildman–Crippen LogP) is 1.15. The lowest BCUT2D eigenvalue weighted by Gasteiger charge is -2.00. The van der Waals surface area contributed by atoms with Gasteiger partial charge in [0, 0.05) is 4.90 Å². The summed E-state index contributed by atoms with van der Waals surface area (Å²) in [6, 6.07) is 7.56. The van der Waals surface area contributed by atoms with Crippen molar-refractivity contribution in [3.8, 4) is 0 Å². The smallest absolute Gasteiger partial charge is 0.312 e. The first-order valence-corrected chi connectivity index (χ1v) is 3.87. The van der Waals surface area contributed by atoms with Crippen molar-refractivity contribution in [3.63, 3.8) is 0 Å². The molecule has 1 N–H and O–H groups in total. The molecular formula is C8H9NO2S. The number of carbonyl (C=O) groups excluding carboxylic acids is 1. The van der Waals surface area contributed by atoms with Crippen molar-refractivity contribution in [2.45, 2.75) is 11.4 Å². The van der Waals surface area contributed by atoms with Gasteiger partial charge in [-0.05, 0) is 17.7 Å². The van der Waals surface area contributed by atoms with E-state index in [1.165, 1.54) is 0 Å². The molecule has 0 radical (unpaired) electrons. The Morgan fingerprint density at radius 2 is 2.08 bits per heavy atom. The van der Waals surface area contributed by atoms with Gasteiger partial charge in [0.25, 0.3) is 0 Å². The fraction of sp³-hybridized carbons (Fsp3) is 0.125. The van der Waals surface area contributed by atoms with E-state index in [-0.39, 0.29) is 0 Å². The zero-order valence-electron chi connectivity index (χ0n) is 6.36. The van der Waals surface area contributed by atoms with Crippen LogP contribution in [0.4, 0.5) is 0 Å². The Morgan fingerprint density at radius 3 is 2.67 bits per heavy atom. The highest BCUT2D eigenvalue weighted by molar-refractivity contribution is 7.80. The number of hydrogen-bond acceptors (Lipinski definition) is 4. The lowest BCUT2D eigenvalue weighted by molar-refractivity contribution is -0.135. The largest absolute Gasteiger partial charge is 0.373 e. The fourth-order valence-corrected chi connectivity index (χ4v) is 0.922. The summed E-state index contributed by atoms with van der Waals surface area (Å²) in [7, 11) is 0. The van der Waals surface area contributed by atoms with Gasteiger partial charge in [0.15, 0.2) is 0 Å². The van der Waals surface area contributed by atoms with Crippen LogP contribution in [0, 0.1) is 0 Å². The van der Waals surface area contributed by atoms with E-state index in [1.807, 2.05) is 24.3 Å². The van der Waals surface area contributed by atoms with Gasteiger partial charge in [-0.15, -0.1) is 18.1 Å². The van der Waals surface area contributed by atoms with Crippen molar-refractivity contribution in [2.24, 2.45) is 0 Å². The Bertz CT molecular complexity index is 248. The molecular weight excluding hydrogens is 174 g/mol. The van der Waals surface area contributed by atoms with Crippen LogP contribution in [0.25, 0.3) is 0 Å². The number of thiol groups is 1. The van der Waals surface area contributed by atoms with Gasteiger partial charge in [-0.25, -0.2) is 0 Å². The van der Waals surface area contributed by atoms with Crippen molar-refractivity contribution < 1.29 is 9.63 Å². The number of hydroxylamine groups is 1. The van der Waals surface area contributed by atoms with E-state index in [4.69, 9.17) is 0 Å². The van der Waals surface area contributed by atoms with Gasteiger partial charge in [0.1, 0.15) is 0 Å². The van der Waals surface area contributed by atoms with Gasteiger partial charge in [-0.3, -0.25) is 4.79 Å². The fourth-order valence-electron chi connectivity index (χ4n) is 0.773. The van der Waals surface area contributed by atoms with Crippen LogP contribution in [-0.2, 0) is 16.2 Å². The third kappa shape index (κ3) is 2.94. The summed E-state index contributed by atoms with van der Waals surface area (Å²) in [5.74, 6) is 0. The molecule has 0 spiro atoms. The average Bonchev–Trinajstić information content (AvgIpc) is 2.09. The van der Waals surface area contributed by atoms with Crippen molar-refractivity contribution in [2.75, 3.05) is 0 Å². The molecule has 0 aromatic heterocycles. The predicted molar refractivity (Wildman–Crippen MR) is 47.7 cm³/mol. The molecule has 0 aliphatic carbocycles. The van der Waals surface area contributed by atoms with Crippen molar-refractivity contribution in [3.05, 3.63) is 29.8 Å². The normalized spacial score (nSPS) is 9.42. The van der Waals surface area contributed by atoms with Gasteiger partial charge >= 0.3 is 6.47 Å². The molecule has 12 heavy (non-hydrogen) atoms. The standard InChI is InChI=1S/C8H9NO2S/c10-6-11-9-5-7-1-3-8(12)4-2-7/h1-4,6,9,12H,5H2. The lowest BCUT2D eigenvalue weighted by Crippen LogP contribution is -2.12. The first-order valence-electron chi connectivity index (χ1n) is 3.43. The molecule has 4 heteroatoms. The highest BCUT2D eigenvalue weighted by Gasteiger charge is 1.90. The molecule has 0 atom stereocenters. The van der Waals surface area contributed by atoms with Crippen LogP contribution in [0.5, 0.6) is 0 Å². The second-order valence-corrected chi connectivity index (χ2v) is 2.72. The van der Waals surface area contributed by atoms with Gasteiger partial charge in [-0.1, -0.05) is 12.1 Å². The van der Waals surface area contributed by atoms with E-state index in [0.717, 1.165) is 10.5 Å². The zero-order valence-corrected chi connectivity index (χ0v) is 7.25. The van der Waals surface area contributed by atoms with Crippen molar-refractivity contribution >= 4 is 19.1 Å². The minimum Gasteiger partial charge on any atom is -0.373 e. The molecule has 0 saturated heterocycles. The van der Waals surface area contributed by atoms with E-state index < -0.39 is 0 Å². The maximum absolute atomic E-state index is 9.75. The summed E-state index contributed by atoms with van der Waals surface area (Å²) in [4.78, 5) is 15.0. The Balaban J connectivity index is 2.42. The Labute approximate surface area is 76.1 Å². The first-order chi connectivity index (χ1) is 5.83. The number of rotatable bonds is 4. The maximum Gasteiger partial charge on any atom is 0.312 e. The maximum atomic E-state index is 9.75. The van der Waals surface area contributed by atoms with Gasteiger partial charge in [-0.2, -0.15) is 0 Å². The molecule has 0 aliphatic heterocycles. The number of carbonyl (C=O) groups is 1. The third-order valence-corrected chi connectivity index (χ3v) is 1.64. The monoisotopic (exact) mass is 183 g/mol.